The van der Waals surface area contributed by atoms with Gasteiger partial charge in [0.1, 0.15) is 11.5 Å². The largest absolute Gasteiger partial charge is 0.507 e. The number of rotatable bonds is 6. The minimum absolute atomic E-state index is 0.0241. The van der Waals surface area contributed by atoms with Crippen LogP contribution in [0.25, 0.3) is 5.76 Å². The van der Waals surface area contributed by atoms with E-state index in [2.05, 4.69) is 4.98 Å². The summed E-state index contributed by atoms with van der Waals surface area (Å²) < 4.78 is 5.64. The van der Waals surface area contributed by atoms with Gasteiger partial charge in [-0.1, -0.05) is 12.1 Å². The second-order valence-corrected chi connectivity index (χ2v) is 8.47. The summed E-state index contributed by atoms with van der Waals surface area (Å²) in [5.41, 5.74) is 1.35. The molecule has 31 heavy (non-hydrogen) atoms. The first-order valence-electron chi connectivity index (χ1n) is 9.93. The molecule has 3 heterocycles. The predicted octanol–water partition coefficient (Wildman–Crippen LogP) is 4.55. The van der Waals surface area contributed by atoms with Crippen molar-refractivity contribution in [2.45, 2.75) is 32.5 Å². The van der Waals surface area contributed by atoms with Crippen LogP contribution in [0.1, 0.15) is 35.9 Å². The summed E-state index contributed by atoms with van der Waals surface area (Å²) in [6, 6.07) is 13.6. The van der Waals surface area contributed by atoms with Crippen molar-refractivity contribution in [3.63, 3.8) is 0 Å². The zero-order valence-electron chi connectivity index (χ0n) is 17.2. The van der Waals surface area contributed by atoms with Crippen LogP contribution in [0.5, 0.6) is 5.75 Å². The molecule has 1 amide bonds. The van der Waals surface area contributed by atoms with Crippen LogP contribution in [0, 0.1) is 0 Å². The molecule has 1 fully saturated rings. The van der Waals surface area contributed by atoms with Crippen molar-refractivity contribution in [1.29, 1.82) is 0 Å². The molecule has 0 radical (unpaired) electrons. The number of ketones is 1. The molecule has 6 nitrogen and oxygen atoms in total. The third kappa shape index (κ3) is 4.22. The zero-order valence-corrected chi connectivity index (χ0v) is 18.0. The normalized spacial score (nSPS) is 18.0. The van der Waals surface area contributed by atoms with E-state index in [9.17, 15) is 14.7 Å². The molecule has 1 N–H and O–H groups in total. The summed E-state index contributed by atoms with van der Waals surface area (Å²) in [4.78, 5) is 32.3. The average molecular weight is 435 g/mol. The maximum atomic E-state index is 13.0. The molecule has 7 heteroatoms. The van der Waals surface area contributed by atoms with Gasteiger partial charge in [-0.05, 0) is 61.2 Å². The molecule has 0 bridgehead atoms. The number of carbonyl (C=O) groups excluding carboxylic acids is 2. The van der Waals surface area contributed by atoms with Gasteiger partial charge in [-0.15, -0.1) is 11.3 Å². The summed E-state index contributed by atoms with van der Waals surface area (Å²) in [6.45, 7) is 4.08. The molecule has 1 unspecified atom stereocenters. The smallest absolute Gasteiger partial charge is 0.295 e. The van der Waals surface area contributed by atoms with E-state index < -0.39 is 17.7 Å². The molecule has 4 rings (SSSR count). The van der Waals surface area contributed by atoms with Gasteiger partial charge < -0.3 is 14.7 Å². The fraction of sp³-hybridized carbons (Fsp3) is 0.208. The number of amides is 1. The number of nitrogens with zero attached hydrogens (tertiary/aromatic N) is 2. The first-order chi connectivity index (χ1) is 15.0. The van der Waals surface area contributed by atoms with Crippen LogP contribution < -0.4 is 4.74 Å². The Labute approximate surface area is 184 Å². The van der Waals surface area contributed by atoms with Gasteiger partial charge in [0.05, 0.1) is 17.7 Å². The highest BCUT2D eigenvalue weighted by molar-refractivity contribution is 7.10. The van der Waals surface area contributed by atoms with Crippen molar-refractivity contribution in [2.24, 2.45) is 0 Å². The highest BCUT2D eigenvalue weighted by Gasteiger charge is 2.46. The second-order valence-electron chi connectivity index (χ2n) is 7.49. The second kappa shape index (κ2) is 8.73. The molecule has 1 atom stereocenters. The maximum Gasteiger partial charge on any atom is 0.295 e. The van der Waals surface area contributed by atoms with Crippen molar-refractivity contribution >= 4 is 28.8 Å². The van der Waals surface area contributed by atoms with Gasteiger partial charge in [-0.3, -0.25) is 14.6 Å². The van der Waals surface area contributed by atoms with Crippen LogP contribution in [0.15, 0.2) is 71.9 Å². The van der Waals surface area contributed by atoms with E-state index in [1.165, 1.54) is 16.2 Å². The molecule has 2 aromatic heterocycles. The van der Waals surface area contributed by atoms with Crippen LogP contribution in [0.2, 0.25) is 0 Å². The quantitative estimate of drug-likeness (QED) is 0.350. The SMILES string of the molecule is CC(C)Oc1ccc(C(O)=C2C(=O)C(=O)N(Cc3cccnc3)C2c2cccs2)cc1. The number of Topliss-reactive ketones (excluding diaryl/α,β-unsaturated/α-hetero) is 1. The number of aliphatic hydroxyl groups is 1. The number of hydrogen-bond acceptors (Lipinski definition) is 6. The summed E-state index contributed by atoms with van der Waals surface area (Å²) in [5.74, 6) is -0.856. The number of benzene rings is 1. The fourth-order valence-electron chi connectivity index (χ4n) is 3.59. The van der Waals surface area contributed by atoms with Gasteiger partial charge in [-0.25, -0.2) is 0 Å². The van der Waals surface area contributed by atoms with Crippen molar-refractivity contribution in [1.82, 2.24) is 9.88 Å². The molecule has 0 spiro atoms. The number of carbonyl (C=O) groups is 2. The van der Waals surface area contributed by atoms with E-state index in [0.29, 0.717) is 11.3 Å². The summed E-state index contributed by atoms with van der Waals surface area (Å²) >= 11 is 1.44. The average Bonchev–Trinajstić information content (AvgIpc) is 3.37. The molecule has 1 saturated heterocycles. The van der Waals surface area contributed by atoms with E-state index >= 15 is 0 Å². The van der Waals surface area contributed by atoms with Gasteiger partial charge in [0.25, 0.3) is 11.7 Å². The van der Waals surface area contributed by atoms with E-state index in [1.807, 2.05) is 37.4 Å². The lowest BCUT2D eigenvalue weighted by atomic mass is 9.99. The topological polar surface area (TPSA) is 79.7 Å². The van der Waals surface area contributed by atoms with Gasteiger partial charge in [0.2, 0.25) is 0 Å². The first-order valence-corrected chi connectivity index (χ1v) is 10.8. The van der Waals surface area contributed by atoms with Crippen LogP contribution in [0.3, 0.4) is 0 Å². The molecule has 0 saturated carbocycles. The standard InChI is InChI=1S/C24H22N2O4S/c1-15(2)30-18-9-7-17(8-10-18)22(27)20-21(19-6-4-12-31-19)26(24(29)23(20)28)14-16-5-3-11-25-13-16/h3-13,15,21,27H,14H2,1-2H3. The molecule has 1 aliphatic rings. The van der Waals surface area contributed by atoms with Gasteiger partial charge >= 0.3 is 0 Å². The number of likely N-dealkylation sites (tertiary alicyclic amines) is 1. The van der Waals surface area contributed by atoms with Gasteiger partial charge in [0.15, 0.2) is 0 Å². The lowest BCUT2D eigenvalue weighted by Crippen LogP contribution is -2.28. The summed E-state index contributed by atoms with van der Waals surface area (Å²) in [7, 11) is 0. The number of thiophene rings is 1. The molecule has 0 aliphatic carbocycles. The Kier molecular flexibility index (Phi) is 5.86. The van der Waals surface area contributed by atoms with Crippen molar-refractivity contribution in [2.75, 3.05) is 0 Å². The van der Waals surface area contributed by atoms with Gasteiger partial charge in [-0.2, -0.15) is 0 Å². The van der Waals surface area contributed by atoms with Crippen LogP contribution >= 0.6 is 11.3 Å². The molecule has 158 valence electrons. The fourth-order valence-corrected chi connectivity index (χ4v) is 4.44. The zero-order chi connectivity index (χ0) is 22.0. The third-order valence-corrected chi connectivity index (χ3v) is 5.85. The minimum atomic E-state index is -0.692. The van der Waals surface area contributed by atoms with Crippen molar-refractivity contribution in [3.8, 4) is 5.75 Å². The summed E-state index contributed by atoms with van der Waals surface area (Å²) in [6.07, 6.45) is 3.34. The van der Waals surface area contributed by atoms with E-state index in [1.54, 1.807) is 42.7 Å². The molecule has 3 aromatic rings. The number of aromatic nitrogens is 1. The Bertz CT molecular complexity index is 1110. The molecule has 1 aliphatic heterocycles. The highest BCUT2D eigenvalue weighted by Crippen LogP contribution is 2.41. The molecular formula is C24H22N2O4S. The Morgan fingerprint density at radius 2 is 1.94 bits per heavy atom. The van der Waals surface area contributed by atoms with E-state index in [-0.39, 0.29) is 24.0 Å². The Balaban J connectivity index is 1.76. The number of hydrogen-bond donors (Lipinski definition) is 1. The highest BCUT2D eigenvalue weighted by atomic mass is 32.1. The number of ether oxygens (including phenoxy) is 1. The molecular weight excluding hydrogens is 412 g/mol. The van der Waals surface area contributed by atoms with Crippen molar-refractivity contribution in [3.05, 3.63) is 87.9 Å². The molecule has 1 aromatic carbocycles. The number of aliphatic hydroxyl groups excluding tert-OH is 1. The van der Waals surface area contributed by atoms with Crippen LogP contribution in [-0.2, 0) is 16.1 Å². The third-order valence-electron chi connectivity index (χ3n) is 4.93. The van der Waals surface area contributed by atoms with Crippen LogP contribution in [-0.4, -0.2) is 32.8 Å². The Morgan fingerprint density at radius 1 is 1.16 bits per heavy atom. The lowest BCUT2D eigenvalue weighted by Gasteiger charge is -2.24. The lowest BCUT2D eigenvalue weighted by molar-refractivity contribution is -0.140. The van der Waals surface area contributed by atoms with Crippen LogP contribution in [0.4, 0.5) is 0 Å². The summed E-state index contributed by atoms with van der Waals surface area (Å²) in [5, 5.41) is 13.0. The maximum absolute atomic E-state index is 13.0. The van der Waals surface area contributed by atoms with Gasteiger partial charge in [0, 0.05) is 29.4 Å². The first kappa shape index (κ1) is 20.8. The van der Waals surface area contributed by atoms with E-state index in [4.69, 9.17) is 4.74 Å². The Hall–Kier alpha value is -3.45. The monoisotopic (exact) mass is 434 g/mol. The number of pyridine rings is 1. The Morgan fingerprint density at radius 3 is 2.55 bits per heavy atom. The van der Waals surface area contributed by atoms with Crippen molar-refractivity contribution < 1.29 is 19.4 Å². The minimum Gasteiger partial charge on any atom is -0.507 e. The predicted molar refractivity (Wildman–Crippen MR) is 119 cm³/mol. The van der Waals surface area contributed by atoms with E-state index in [0.717, 1.165) is 10.4 Å².